The molecule has 0 atom stereocenters. The van der Waals surface area contributed by atoms with Gasteiger partial charge < -0.3 is 0 Å². The zero-order chi connectivity index (χ0) is 21.3. The lowest BCUT2D eigenvalue weighted by atomic mass is 10.1. The molecule has 0 radical (unpaired) electrons. The standard InChI is InChI=1S/C25H36OSi2/c1-24(2,3)27(7,8)17-11-13-19-20-14-12-18(28(9,10)25(4,5)6)16-22(20)23(26)21(19)15-17/h11-16H,1-10H3. The van der Waals surface area contributed by atoms with Crippen molar-refractivity contribution in [3.8, 4) is 11.1 Å². The number of hydrogen-bond acceptors (Lipinski definition) is 1. The van der Waals surface area contributed by atoms with Gasteiger partial charge in [-0.25, -0.2) is 0 Å². The van der Waals surface area contributed by atoms with Gasteiger partial charge in [0.15, 0.2) is 5.78 Å². The highest BCUT2D eigenvalue weighted by Crippen LogP contribution is 2.41. The summed E-state index contributed by atoms with van der Waals surface area (Å²) in [6, 6.07) is 13.4. The first kappa shape index (κ1) is 21.3. The van der Waals surface area contributed by atoms with Gasteiger partial charge in [0.2, 0.25) is 0 Å². The highest BCUT2D eigenvalue weighted by Gasteiger charge is 2.40. The van der Waals surface area contributed by atoms with Crippen LogP contribution in [0.25, 0.3) is 11.1 Å². The van der Waals surface area contributed by atoms with Gasteiger partial charge in [0.25, 0.3) is 0 Å². The van der Waals surface area contributed by atoms with Crippen molar-refractivity contribution >= 4 is 32.3 Å². The third-order valence-corrected chi connectivity index (χ3v) is 19.0. The summed E-state index contributed by atoms with van der Waals surface area (Å²) in [7, 11) is -3.34. The summed E-state index contributed by atoms with van der Waals surface area (Å²) in [5.74, 6) is 0.214. The lowest BCUT2D eigenvalue weighted by Gasteiger charge is -2.37. The van der Waals surface area contributed by atoms with E-state index in [1.807, 2.05) is 0 Å². The van der Waals surface area contributed by atoms with Crippen molar-refractivity contribution in [2.75, 3.05) is 0 Å². The Morgan fingerprint density at radius 1 is 0.571 bits per heavy atom. The maximum absolute atomic E-state index is 13.4. The second-order valence-corrected chi connectivity index (χ2v) is 22.3. The largest absolute Gasteiger partial charge is 0.289 e. The van der Waals surface area contributed by atoms with E-state index in [9.17, 15) is 4.79 Å². The van der Waals surface area contributed by atoms with Crippen LogP contribution in [0.2, 0.25) is 36.3 Å². The molecule has 0 spiro atoms. The molecule has 0 saturated heterocycles. The van der Waals surface area contributed by atoms with Crippen LogP contribution in [0.1, 0.15) is 57.5 Å². The van der Waals surface area contributed by atoms with Gasteiger partial charge in [-0.1, -0.05) is 115 Å². The van der Waals surface area contributed by atoms with Crippen molar-refractivity contribution in [3.05, 3.63) is 47.5 Å². The van der Waals surface area contributed by atoms with Crippen LogP contribution in [0.15, 0.2) is 36.4 Å². The molecule has 0 saturated carbocycles. The molecule has 3 rings (SSSR count). The third kappa shape index (κ3) is 3.07. The molecule has 2 aromatic rings. The molecule has 0 amide bonds. The number of carbonyl (C=O) groups excluding carboxylic acids is 1. The molecule has 1 aliphatic carbocycles. The van der Waals surface area contributed by atoms with Crippen LogP contribution in [-0.2, 0) is 0 Å². The van der Waals surface area contributed by atoms with Gasteiger partial charge in [0, 0.05) is 11.1 Å². The number of fused-ring (bicyclic) bond motifs is 3. The van der Waals surface area contributed by atoms with Gasteiger partial charge in [0.1, 0.15) is 0 Å². The minimum absolute atomic E-state index is 0.214. The topological polar surface area (TPSA) is 17.1 Å². The summed E-state index contributed by atoms with van der Waals surface area (Å²) in [6.45, 7) is 23.6. The molecule has 0 bridgehead atoms. The van der Waals surface area contributed by atoms with E-state index in [1.54, 1.807) is 0 Å². The van der Waals surface area contributed by atoms with Crippen molar-refractivity contribution in [1.82, 2.24) is 0 Å². The number of benzene rings is 2. The van der Waals surface area contributed by atoms with Crippen LogP contribution in [-0.4, -0.2) is 21.9 Å². The monoisotopic (exact) mass is 408 g/mol. The summed E-state index contributed by atoms with van der Waals surface area (Å²) in [5, 5.41) is 3.27. The Balaban J connectivity index is 2.11. The second kappa shape index (κ2) is 6.27. The van der Waals surface area contributed by atoms with Crippen molar-refractivity contribution in [1.29, 1.82) is 0 Å². The molecular weight excluding hydrogens is 372 g/mol. The predicted molar refractivity (Wildman–Crippen MR) is 129 cm³/mol. The molecule has 1 nitrogen and oxygen atoms in total. The predicted octanol–water partition coefficient (Wildman–Crippen LogP) is 6.33. The van der Waals surface area contributed by atoms with E-state index in [0.717, 1.165) is 22.3 Å². The van der Waals surface area contributed by atoms with Crippen molar-refractivity contribution in [3.63, 3.8) is 0 Å². The molecule has 0 unspecified atom stereocenters. The van der Waals surface area contributed by atoms with Crippen molar-refractivity contribution < 1.29 is 4.79 Å². The Hall–Kier alpha value is -1.46. The van der Waals surface area contributed by atoms with Gasteiger partial charge in [-0.3, -0.25) is 4.79 Å². The second-order valence-electron chi connectivity index (χ2n) is 11.6. The fourth-order valence-corrected chi connectivity index (χ4v) is 7.46. The van der Waals surface area contributed by atoms with Crippen LogP contribution in [0, 0.1) is 0 Å². The number of carbonyl (C=O) groups is 1. The quantitative estimate of drug-likeness (QED) is 0.453. The minimum Gasteiger partial charge on any atom is -0.289 e. The molecule has 2 aromatic carbocycles. The number of hydrogen-bond donors (Lipinski definition) is 0. The summed E-state index contributed by atoms with van der Waals surface area (Å²) >= 11 is 0. The maximum Gasteiger partial charge on any atom is 0.194 e. The van der Waals surface area contributed by atoms with Gasteiger partial charge in [-0.15, -0.1) is 0 Å². The molecule has 3 heteroatoms. The summed E-state index contributed by atoms with van der Waals surface area (Å²) in [4.78, 5) is 13.4. The molecule has 0 fully saturated rings. The highest BCUT2D eigenvalue weighted by molar-refractivity contribution is 6.92. The zero-order valence-corrected chi connectivity index (χ0v) is 21.4. The summed E-state index contributed by atoms with van der Waals surface area (Å²) in [5.41, 5.74) is 4.04. The Bertz CT molecular complexity index is 876. The van der Waals surface area contributed by atoms with E-state index < -0.39 is 16.1 Å². The Labute approximate surface area is 173 Å². The van der Waals surface area contributed by atoms with Crippen LogP contribution < -0.4 is 10.4 Å². The first-order chi connectivity index (χ1) is 12.6. The molecule has 28 heavy (non-hydrogen) atoms. The molecule has 0 N–H and O–H groups in total. The van der Waals surface area contributed by atoms with Crippen LogP contribution in [0.3, 0.4) is 0 Å². The molecule has 0 heterocycles. The molecule has 1 aliphatic rings. The van der Waals surface area contributed by atoms with Gasteiger partial charge in [-0.2, -0.15) is 0 Å². The lowest BCUT2D eigenvalue weighted by molar-refractivity contribution is 0.104. The maximum atomic E-state index is 13.4. The number of rotatable bonds is 2. The average Bonchev–Trinajstić information content (AvgIpc) is 2.85. The van der Waals surface area contributed by atoms with E-state index >= 15 is 0 Å². The number of ketones is 1. The van der Waals surface area contributed by atoms with Crippen molar-refractivity contribution in [2.45, 2.75) is 77.8 Å². The third-order valence-electron chi connectivity index (χ3n) is 8.01. The van der Waals surface area contributed by atoms with Crippen molar-refractivity contribution in [2.24, 2.45) is 0 Å². The average molecular weight is 409 g/mol. The minimum atomic E-state index is -1.67. The SMILES string of the molecule is CC(C)(C)[Si](C)(C)c1ccc2c(c1)C(=O)c1cc([Si](C)(C)C(C)(C)C)ccc1-2. The fourth-order valence-electron chi connectivity index (χ4n) is 3.72. The fraction of sp³-hybridized carbons (Fsp3) is 0.480. The van der Waals surface area contributed by atoms with E-state index in [4.69, 9.17) is 0 Å². The van der Waals surface area contributed by atoms with Crippen LogP contribution in [0.5, 0.6) is 0 Å². The Morgan fingerprint density at radius 2 is 0.893 bits per heavy atom. The van der Waals surface area contributed by atoms with E-state index in [2.05, 4.69) is 104 Å². The van der Waals surface area contributed by atoms with Crippen LogP contribution in [0.4, 0.5) is 0 Å². The molecule has 0 aromatic heterocycles. The molecule has 150 valence electrons. The van der Waals surface area contributed by atoms with E-state index in [0.29, 0.717) is 0 Å². The van der Waals surface area contributed by atoms with E-state index in [1.165, 1.54) is 10.4 Å². The molecular formula is C25H36OSi2. The Morgan fingerprint density at radius 3 is 1.18 bits per heavy atom. The van der Waals surface area contributed by atoms with Gasteiger partial charge in [-0.05, 0) is 21.2 Å². The smallest absolute Gasteiger partial charge is 0.194 e. The van der Waals surface area contributed by atoms with Gasteiger partial charge in [0.05, 0.1) is 16.1 Å². The lowest BCUT2D eigenvalue weighted by Crippen LogP contribution is -2.49. The van der Waals surface area contributed by atoms with Crippen LogP contribution >= 0.6 is 0 Å². The first-order valence-electron chi connectivity index (χ1n) is 10.4. The zero-order valence-electron chi connectivity index (χ0n) is 19.4. The first-order valence-corrected chi connectivity index (χ1v) is 16.4. The normalized spacial score (nSPS) is 14.9. The summed E-state index contributed by atoms with van der Waals surface area (Å²) in [6.07, 6.45) is 0. The van der Waals surface area contributed by atoms with E-state index in [-0.39, 0.29) is 15.9 Å². The highest BCUT2D eigenvalue weighted by atomic mass is 28.3. The Kier molecular flexibility index (Phi) is 4.76. The molecule has 0 aliphatic heterocycles. The van der Waals surface area contributed by atoms with Gasteiger partial charge >= 0.3 is 0 Å². The summed E-state index contributed by atoms with van der Waals surface area (Å²) < 4.78 is 0.